The number of hydrogen-bond acceptors (Lipinski definition) is 6. The summed E-state index contributed by atoms with van der Waals surface area (Å²) in [5.74, 6) is -0.853. The number of likely N-dealkylation sites (tertiary alicyclic amines) is 1. The molecule has 1 atom stereocenters. The maximum atomic E-state index is 13.2. The topological polar surface area (TPSA) is 79.3 Å². The fourth-order valence-corrected chi connectivity index (χ4v) is 4.49. The van der Waals surface area contributed by atoms with Crippen molar-refractivity contribution in [1.82, 2.24) is 9.80 Å². The molecule has 0 spiro atoms. The van der Waals surface area contributed by atoms with Gasteiger partial charge < -0.3 is 19.5 Å². The summed E-state index contributed by atoms with van der Waals surface area (Å²) in [6.45, 7) is 6.42. The number of hydrogen-bond donors (Lipinski definition) is 1. The second-order valence-corrected chi connectivity index (χ2v) is 8.81. The van der Waals surface area contributed by atoms with Crippen molar-refractivity contribution < 1.29 is 24.2 Å². The zero-order chi connectivity index (χ0) is 24.1. The van der Waals surface area contributed by atoms with Crippen LogP contribution in [0.25, 0.3) is 5.76 Å². The van der Waals surface area contributed by atoms with Crippen molar-refractivity contribution in [3.05, 3.63) is 70.3 Å². The molecule has 4 rings (SSSR count). The monoisotopic (exact) mass is 484 g/mol. The Kier molecular flexibility index (Phi) is 7.88. The van der Waals surface area contributed by atoms with Gasteiger partial charge in [-0.3, -0.25) is 14.5 Å². The highest BCUT2D eigenvalue weighted by Crippen LogP contribution is 2.40. The van der Waals surface area contributed by atoms with Crippen molar-refractivity contribution in [3.63, 3.8) is 0 Å². The van der Waals surface area contributed by atoms with E-state index in [1.165, 1.54) is 4.90 Å². The first-order valence-electron chi connectivity index (χ1n) is 11.6. The lowest BCUT2D eigenvalue weighted by Gasteiger charge is -2.31. The third-order valence-electron chi connectivity index (χ3n) is 6.07. The van der Waals surface area contributed by atoms with E-state index in [1.54, 1.807) is 42.5 Å². The average molecular weight is 485 g/mol. The summed E-state index contributed by atoms with van der Waals surface area (Å²) in [6, 6.07) is 13.2. The number of aliphatic hydroxyl groups is 1. The van der Waals surface area contributed by atoms with Gasteiger partial charge in [-0.05, 0) is 48.4 Å². The molecule has 2 fully saturated rings. The van der Waals surface area contributed by atoms with Gasteiger partial charge in [0.2, 0.25) is 0 Å². The predicted molar refractivity (Wildman–Crippen MR) is 130 cm³/mol. The molecule has 0 radical (unpaired) electrons. The van der Waals surface area contributed by atoms with Crippen LogP contribution in [0.4, 0.5) is 0 Å². The molecule has 0 saturated carbocycles. The first-order valence-corrected chi connectivity index (χ1v) is 11.9. The van der Waals surface area contributed by atoms with E-state index in [1.807, 2.05) is 13.0 Å². The number of rotatable bonds is 8. The largest absolute Gasteiger partial charge is 0.507 e. The molecule has 2 heterocycles. The Bertz CT molecular complexity index is 1060. The lowest BCUT2D eigenvalue weighted by molar-refractivity contribution is -0.140. The Morgan fingerprint density at radius 1 is 1.12 bits per heavy atom. The Morgan fingerprint density at radius 2 is 1.85 bits per heavy atom. The fourth-order valence-electron chi connectivity index (χ4n) is 4.29. The number of amides is 1. The van der Waals surface area contributed by atoms with E-state index in [0.29, 0.717) is 54.8 Å². The number of ether oxygens (including phenoxy) is 2. The molecule has 1 amide bonds. The standard InChI is InChI=1S/C26H29ClN2O5/c1-2-14-34-21-8-6-18(7-9-21)24(30)22-23(19-4-3-5-20(27)17-19)29(26(32)25(22)31)11-10-28-12-15-33-16-13-28/h3-9,17,23,30H,2,10-16H2,1H3/t23-/m0/s1. The van der Waals surface area contributed by atoms with Crippen molar-refractivity contribution in [1.29, 1.82) is 0 Å². The minimum absolute atomic E-state index is 0.0662. The van der Waals surface area contributed by atoms with Crippen LogP contribution in [0.2, 0.25) is 5.02 Å². The van der Waals surface area contributed by atoms with Crippen LogP contribution in [0.3, 0.4) is 0 Å². The summed E-state index contributed by atoms with van der Waals surface area (Å²) in [5, 5.41) is 11.7. The van der Waals surface area contributed by atoms with E-state index in [0.717, 1.165) is 19.5 Å². The molecule has 2 aliphatic heterocycles. The van der Waals surface area contributed by atoms with Gasteiger partial charge in [0, 0.05) is 36.8 Å². The van der Waals surface area contributed by atoms with Crippen molar-refractivity contribution in [2.75, 3.05) is 46.0 Å². The highest BCUT2D eigenvalue weighted by molar-refractivity contribution is 6.46. The summed E-state index contributed by atoms with van der Waals surface area (Å²) in [5.41, 5.74) is 1.19. The molecule has 8 heteroatoms. The molecule has 34 heavy (non-hydrogen) atoms. The van der Waals surface area contributed by atoms with Crippen LogP contribution in [0.15, 0.2) is 54.1 Å². The van der Waals surface area contributed by atoms with Gasteiger partial charge in [-0.25, -0.2) is 0 Å². The molecular weight excluding hydrogens is 456 g/mol. The number of halogens is 1. The number of ketones is 1. The predicted octanol–water partition coefficient (Wildman–Crippen LogP) is 3.88. The zero-order valence-corrected chi connectivity index (χ0v) is 20.0. The molecule has 0 unspecified atom stereocenters. The van der Waals surface area contributed by atoms with Crippen molar-refractivity contribution in [2.45, 2.75) is 19.4 Å². The molecule has 2 aliphatic rings. The minimum Gasteiger partial charge on any atom is -0.507 e. The summed E-state index contributed by atoms with van der Waals surface area (Å²) < 4.78 is 11.0. The molecule has 0 aromatic heterocycles. The maximum Gasteiger partial charge on any atom is 0.295 e. The number of benzene rings is 2. The van der Waals surface area contributed by atoms with Crippen LogP contribution in [0, 0.1) is 0 Å². The third-order valence-corrected chi connectivity index (χ3v) is 6.30. The van der Waals surface area contributed by atoms with E-state index >= 15 is 0 Å². The molecular formula is C26H29ClN2O5. The number of morpholine rings is 1. The molecule has 7 nitrogen and oxygen atoms in total. The normalized spacial score (nSPS) is 20.6. The molecule has 180 valence electrons. The second-order valence-electron chi connectivity index (χ2n) is 8.37. The van der Waals surface area contributed by atoms with Crippen LogP contribution >= 0.6 is 11.6 Å². The van der Waals surface area contributed by atoms with Gasteiger partial charge in [-0.2, -0.15) is 0 Å². The van der Waals surface area contributed by atoms with Crippen molar-refractivity contribution in [2.24, 2.45) is 0 Å². The molecule has 2 aromatic rings. The smallest absolute Gasteiger partial charge is 0.295 e. The van der Waals surface area contributed by atoms with Crippen LogP contribution in [-0.2, 0) is 14.3 Å². The Balaban J connectivity index is 1.68. The fraction of sp³-hybridized carbons (Fsp3) is 0.385. The van der Waals surface area contributed by atoms with E-state index in [2.05, 4.69) is 4.90 Å². The molecule has 2 saturated heterocycles. The van der Waals surface area contributed by atoms with Gasteiger partial charge >= 0.3 is 0 Å². The number of nitrogens with zero attached hydrogens (tertiary/aromatic N) is 2. The summed E-state index contributed by atoms with van der Waals surface area (Å²) in [4.78, 5) is 30.0. The lowest BCUT2D eigenvalue weighted by atomic mass is 9.95. The van der Waals surface area contributed by atoms with Gasteiger partial charge in [0.25, 0.3) is 11.7 Å². The number of carbonyl (C=O) groups excluding carboxylic acids is 2. The second kappa shape index (κ2) is 11.0. The van der Waals surface area contributed by atoms with Gasteiger partial charge in [0.05, 0.1) is 31.4 Å². The van der Waals surface area contributed by atoms with E-state index in [-0.39, 0.29) is 11.3 Å². The van der Waals surface area contributed by atoms with Crippen molar-refractivity contribution >= 4 is 29.1 Å². The van der Waals surface area contributed by atoms with Gasteiger partial charge in [-0.15, -0.1) is 0 Å². The number of aliphatic hydroxyl groups excluding tert-OH is 1. The quantitative estimate of drug-likeness (QED) is 0.348. The minimum atomic E-state index is -0.726. The van der Waals surface area contributed by atoms with Crippen LogP contribution in [-0.4, -0.2) is 72.6 Å². The Morgan fingerprint density at radius 3 is 2.53 bits per heavy atom. The van der Waals surface area contributed by atoms with Crippen LogP contribution in [0.5, 0.6) is 5.75 Å². The first kappa shape index (κ1) is 24.3. The lowest BCUT2D eigenvalue weighted by Crippen LogP contribution is -2.42. The third kappa shape index (κ3) is 5.27. The van der Waals surface area contributed by atoms with Crippen LogP contribution in [0.1, 0.15) is 30.5 Å². The van der Waals surface area contributed by atoms with Crippen LogP contribution < -0.4 is 4.74 Å². The Labute approximate surface area is 204 Å². The average Bonchev–Trinajstić information content (AvgIpc) is 3.11. The van der Waals surface area contributed by atoms with Gasteiger partial charge in [0.1, 0.15) is 11.5 Å². The summed E-state index contributed by atoms with van der Waals surface area (Å²) in [6.07, 6.45) is 0.884. The zero-order valence-electron chi connectivity index (χ0n) is 19.2. The molecule has 2 aromatic carbocycles. The SMILES string of the molecule is CCCOc1ccc(C(O)=C2C(=O)C(=O)N(CCN3CCOCC3)[C@H]2c2cccc(Cl)c2)cc1. The van der Waals surface area contributed by atoms with E-state index in [4.69, 9.17) is 21.1 Å². The van der Waals surface area contributed by atoms with Gasteiger partial charge in [-0.1, -0.05) is 30.7 Å². The summed E-state index contributed by atoms with van der Waals surface area (Å²) >= 11 is 6.24. The molecule has 0 bridgehead atoms. The molecule has 1 N–H and O–H groups in total. The highest BCUT2D eigenvalue weighted by Gasteiger charge is 2.46. The number of carbonyl (C=O) groups is 2. The Hall–Kier alpha value is -2.87. The van der Waals surface area contributed by atoms with Crippen molar-refractivity contribution in [3.8, 4) is 5.75 Å². The maximum absolute atomic E-state index is 13.2. The molecule has 0 aliphatic carbocycles. The number of Topliss-reactive ketones (excluding diaryl/α,β-unsaturated/α-hetero) is 1. The van der Waals surface area contributed by atoms with E-state index < -0.39 is 17.7 Å². The van der Waals surface area contributed by atoms with Gasteiger partial charge in [0.15, 0.2) is 0 Å². The summed E-state index contributed by atoms with van der Waals surface area (Å²) in [7, 11) is 0. The highest BCUT2D eigenvalue weighted by atomic mass is 35.5. The first-order chi connectivity index (χ1) is 16.5. The van der Waals surface area contributed by atoms with E-state index in [9.17, 15) is 14.7 Å².